The maximum absolute atomic E-state index is 10.6. The van der Waals surface area contributed by atoms with Crippen LogP contribution in [0.15, 0.2) is 10.5 Å². The smallest absolute Gasteiger partial charge is 0.371 e. The first-order valence-electron chi connectivity index (χ1n) is 2.71. The molecule has 0 spiro atoms. The third-order valence-corrected chi connectivity index (χ3v) is 1.45. The van der Waals surface area contributed by atoms with Gasteiger partial charge in [-0.1, -0.05) is 5.98 Å². The summed E-state index contributed by atoms with van der Waals surface area (Å²) >= 11 is 2.92. The number of hydrogen-bond acceptors (Lipinski definition) is 4. The van der Waals surface area contributed by atoms with Crippen molar-refractivity contribution in [3.05, 3.63) is 10.5 Å². The molecule has 0 rings (SSSR count). The highest BCUT2D eigenvalue weighted by atomic mass is 79.9. The van der Waals surface area contributed by atoms with E-state index in [-0.39, 0.29) is 12.0 Å². The van der Waals surface area contributed by atoms with Gasteiger partial charge in [-0.2, -0.15) is 0 Å². The SMILES string of the molecule is BOC(=O)/C(Br)=C\BOC=O. The summed E-state index contributed by atoms with van der Waals surface area (Å²) in [4.78, 5) is 20.3. The van der Waals surface area contributed by atoms with Crippen LogP contribution in [0.2, 0.25) is 0 Å². The second kappa shape index (κ2) is 6.03. The van der Waals surface area contributed by atoms with Crippen molar-refractivity contribution >= 4 is 43.9 Å². The van der Waals surface area contributed by atoms with Gasteiger partial charge in [-0.15, -0.1) is 0 Å². The molecule has 11 heavy (non-hydrogen) atoms. The summed E-state index contributed by atoms with van der Waals surface area (Å²) in [6, 6.07) is 0. The van der Waals surface area contributed by atoms with Gasteiger partial charge in [0.15, 0.2) is 0 Å². The summed E-state index contributed by atoms with van der Waals surface area (Å²) in [5, 5.41) is 0. The van der Waals surface area contributed by atoms with Crippen LogP contribution in [0, 0.1) is 0 Å². The second-order valence-corrected chi connectivity index (χ2v) is 2.33. The van der Waals surface area contributed by atoms with E-state index in [1.165, 1.54) is 14.0 Å². The highest BCUT2D eigenvalue weighted by molar-refractivity contribution is 9.12. The Morgan fingerprint density at radius 1 is 1.64 bits per heavy atom. The number of halogens is 1. The molecule has 0 aromatic heterocycles. The van der Waals surface area contributed by atoms with Crippen LogP contribution in [0.25, 0.3) is 0 Å². The highest BCUT2D eigenvalue weighted by Crippen LogP contribution is 2.04. The summed E-state index contributed by atoms with van der Waals surface area (Å²) in [6.45, 7) is 0.300. The predicted octanol–water partition coefficient (Wildman–Crippen LogP) is -1.16. The van der Waals surface area contributed by atoms with Crippen LogP contribution in [0.5, 0.6) is 0 Å². The van der Waals surface area contributed by atoms with Crippen LogP contribution in [-0.4, -0.2) is 28.0 Å². The Morgan fingerprint density at radius 3 is 2.73 bits per heavy atom. The Balaban J connectivity index is 3.79. The molecule has 0 saturated heterocycles. The molecule has 0 aliphatic heterocycles. The first-order valence-corrected chi connectivity index (χ1v) is 3.51. The molecule has 0 aromatic rings. The Labute approximate surface area is 73.8 Å². The number of carbonyl (C=O) groups excluding carboxylic acids is 2. The van der Waals surface area contributed by atoms with E-state index in [1.54, 1.807) is 0 Å². The maximum atomic E-state index is 10.6. The van der Waals surface area contributed by atoms with Crippen molar-refractivity contribution < 1.29 is 18.9 Å². The van der Waals surface area contributed by atoms with Gasteiger partial charge in [-0.25, -0.2) is 4.79 Å². The average molecular weight is 219 g/mol. The minimum Gasteiger partial charge on any atom is -0.540 e. The first kappa shape index (κ1) is 10.3. The van der Waals surface area contributed by atoms with Crippen molar-refractivity contribution in [3.8, 4) is 0 Å². The molecule has 0 unspecified atom stereocenters. The van der Waals surface area contributed by atoms with Crippen molar-refractivity contribution in [2.75, 3.05) is 0 Å². The van der Waals surface area contributed by atoms with Gasteiger partial charge in [0.05, 0.1) is 4.48 Å². The molecule has 0 atom stereocenters. The average Bonchev–Trinajstić information content (AvgIpc) is 2.03. The van der Waals surface area contributed by atoms with E-state index < -0.39 is 5.97 Å². The monoisotopic (exact) mass is 218 g/mol. The molecule has 0 N–H and O–H groups in total. The van der Waals surface area contributed by atoms with Crippen LogP contribution in [-0.2, 0) is 18.9 Å². The second-order valence-electron chi connectivity index (χ2n) is 1.47. The first-order chi connectivity index (χ1) is 5.22. The van der Waals surface area contributed by atoms with Crippen LogP contribution in [0.1, 0.15) is 0 Å². The summed E-state index contributed by atoms with van der Waals surface area (Å²) < 4.78 is 8.89. The molecule has 0 heterocycles. The molecule has 0 amide bonds. The molecule has 0 aliphatic rings. The molecule has 0 bridgehead atoms. The van der Waals surface area contributed by atoms with Gasteiger partial charge in [-0.3, -0.25) is 4.79 Å². The summed E-state index contributed by atoms with van der Waals surface area (Å²) in [5.74, 6) is 0.889. The van der Waals surface area contributed by atoms with E-state index >= 15 is 0 Å². The predicted molar refractivity (Wildman–Crippen MR) is 45.9 cm³/mol. The molecule has 7 heteroatoms. The number of rotatable bonds is 4. The van der Waals surface area contributed by atoms with Gasteiger partial charge in [0, 0.05) is 0 Å². The lowest BCUT2D eigenvalue weighted by Gasteiger charge is -1.95. The largest absolute Gasteiger partial charge is 0.540 e. The van der Waals surface area contributed by atoms with Crippen LogP contribution in [0.3, 0.4) is 0 Å². The Hall–Kier alpha value is -0.710. The lowest BCUT2D eigenvalue weighted by Crippen LogP contribution is -2.03. The van der Waals surface area contributed by atoms with Crippen molar-refractivity contribution in [1.29, 1.82) is 0 Å². The summed E-state index contributed by atoms with van der Waals surface area (Å²) in [6.07, 6.45) is 0. The van der Waals surface area contributed by atoms with Gasteiger partial charge in [0.25, 0.3) is 6.47 Å². The van der Waals surface area contributed by atoms with Gasteiger partial charge in [0.2, 0.25) is 0 Å². The minimum absolute atomic E-state index is 0.0547. The molecule has 0 fully saturated rings. The Kier molecular flexibility index (Phi) is 5.64. The molecular weight excluding hydrogens is 214 g/mol. The van der Waals surface area contributed by atoms with Crippen LogP contribution in [0.4, 0.5) is 0 Å². The maximum Gasteiger partial charge on any atom is 0.371 e. The molecule has 58 valence electrons. The molecular formula is C4H5B2BrO4. The van der Waals surface area contributed by atoms with Gasteiger partial charge >= 0.3 is 21.5 Å². The number of carbonyl (C=O) groups is 2. The molecule has 4 nitrogen and oxygen atoms in total. The lowest BCUT2D eigenvalue weighted by molar-refractivity contribution is -0.129. The fourth-order valence-corrected chi connectivity index (χ4v) is 0.635. The van der Waals surface area contributed by atoms with E-state index in [0.29, 0.717) is 6.47 Å². The third-order valence-electron chi connectivity index (χ3n) is 0.807. The van der Waals surface area contributed by atoms with E-state index in [2.05, 4.69) is 25.2 Å². The fraction of sp³-hybridized carbons (Fsp3) is 0. The van der Waals surface area contributed by atoms with E-state index in [4.69, 9.17) is 0 Å². The Morgan fingerprint density at radius 2 is 2.27 bits per heavy atom. The number of hydrogen-bond donors (Lipinski definition) is 0. The standard InChI is InChI=1S/C4H5B2BrO4/c5-11-4(9)3(7)1-6-10-2-8/h1-2,6H,5H2/b3-1+. The van der Waals surface area contributed by atoms with Crippen LogP contribution < -0.4 is 0 Å². The summed E-state index contributed by atoms with van der Waals surface area (Å²) in [7, 11) is 1.32. The summed E-state index contributed by atoms with van der Waals surface area (Å²) in [5.41, 5.74) is 0. The fourth-order valence-electron chi connectivity index (χ4n) is 0.341. The van der Waals surface area contributed by atoms with Gasteiger partial charge < -0.3 is 9.31 Å². The van der Waals surface area contributed by atoms with Crippen LogP contribution >= 0.6 is 15.9 Å². The normalized spacial score (nSPS) is 10.1. The highest BCUT2D eigenvalue weighted by Gasteiger charge is 2.03. The van der Waals surface area contributed by atoms with Crippen molar-refractivity contribution in [2.45, 2.75) is 0 Å². The quantitative estimate of drug-likeness (QED) is 0.259. The van der Waals surface area contributed by atoms with E-state index in [9.17, 15) is 9.59 Å². The lowest BCUT2D eigenvalue weighted by atomic mass is 10.0. The van der Waals surface area contributed by atoms with Crippen molar-refractivity contribution in [3.63, 3.8) is 0 Å². The topological polar surface area (TPSA) is 52.6 Å². The van der Waals surface area contributed by atoms with Gasteiger partial charge in [-0.05, 0) is 15.9 Å². The van der Waals surface area contributed by atoms with E-state index in [1.807, 2.05) is 0 Å². The third kappa shape index (κ3) is 4.66. The molecule has 0 aliphatic carbocycles. The van der Waals surface area contributed by atoms with E-state index in [0.717, 1.165) is 0 Å². The molecule has 0 saturated carbocycles. The zero-order chi connectivity index (χ0) is 8.69. The van der Waals surface area contributed by atoms with Gasteiger partial charge in [0.1, 0.15) is 0 Å². The molecule has 0 radical (unpaired) electrons. The zero-order valence-corrected chi connectivity index (χ0v) is 7.46. The minimum atomic E-state index is -0.500. The van der Waals surface area contributed by atoms with Crippen molar-refractivity contribution in [1.82, 2.24) is 0 Å². The molecule has 0 aromatic carbocycles. The Bertz CT molecular complexity index is 181. The van der Waals surface area contributed by atoms with Crippen molar-refractivity contribution in [2.24, 2.45) is 0 Å². The zero-order valence-electron chi connectivity index (χ0n) is 5.87.